The fourth-order valence-electron chi connectivity index (χ4n) is 3.39. The Morgan fingerprint density at radius 1 is 1.10 bits per heavy atom. The molecule has 1 aliphatic heterocycles. The van der Waals surface area contributed by atoms with Crippen molar-refractivity contribution >= 4 is 23.8 Å². The van der Waals surface area contributed by atoms with Gasteiger partial charge in [0, 0.05) is 25.3 Å². The van der Waals surface area contributed by atoms with E-state index in [2.05, 4.69) is 0 Å². The van der Waals surface area contributed by atoms with Crippen LogP contribution in [0.5, 0.6) is 11.5 Å². The van der Waals surface area contributed by atoms with Gasteiger partial charge in [0.2, 0.25) is 0 Å². The summed E-state index contributed by atoms with van der Waals surface area (Å²) in [7, 11) is 0. The molecule has 0 radical (unpaired) electrons. The van der Waals surface area contributed by atoms with Gasteiger partial charge in [-0.2, -0.15) is 0 Å². The van der Waals surface area contributed by atoms with Crippen molar-refractivity contribution in [3.05, 3.63) is 29.3 Å². The second-order valence-corrected chi connectivity index (χ2v) is 7.32. The number of hydrogen-bond acceptors (Lipinski definition) is 6. The van der Waals surface area contributed by atoms with Crippen LogP contribution >= 0.6 is 0 Å². The molecule has 7 heteroatoms. The summed E-state index contributed by atoms with van der Waals surface area (Å²) in [6, 6.07) is 2.48. The van der Waals surface area contributed by atoms with Gasteiger partial charge >= 0.3 is 11.9 Å². The number of rotatable bonds is 5. The number of carbonyl (C=O) groups is 3. The molecule has 7 nitrogen and oxygen atoms in total. The van der Waals surface area contributed by atoms with E-state index in [9.17, 15) is 24.6 Å². The summed E-state index contributed by atoms with van der Waals surface area (Å²) in [5.41, 5.74) is 0.336. The lowest BCUT2D eigenvalue weighted by Crippen LogP contribution is -2.20. The first-order chi connectivity index (χ1) is 13.9. The van der Waals surface area contributed by atoms with Crippen LogP contribution in [0.25, 0.3) is 6.08 Å². The topological polar surface area (TPSA) is 121 Å². The number of phenolic OH excluding ortho intramolecular Hbond substituents is 2. The smallest absolute Gasteiger partial charge is 0.342 e. The van der Waals surface area contributed by atoms with Gasteiger partial charge in [-0.05, 0) is 56.6 Å². The number of benzene rings is 1. The molecule has 0 bridgehead atoms. The SMILES string of the molecule is O=C(O)CCCCC1CCCC(=O)CCC/C=C/c2cc(O)cc(O)c2C(=O)O1. The van der Waals surface area contributed by atoms with Crippen LogP contribution in [0.4, 0.5) is 0 Å². The van der Waals surface area contributed by atoms with E-state index in [1.807, 2.05) is 0 Å². The predicted molar refractivity (Wildman–Crippen MR) is 107 cm³/mol. The summed E-state index contributed by atoms with van der Waals surface area (Å²) in [5, 5.41) is 28.7. The summed E-state index contributed by atoms with van der Waals surface area (Å²) in [6.07, 6.45) is 7.85. The summed E-state index contributed by atoms with van der Waals surface area (Å²) in [6.45, 7) is 0. The summed E-state index contributed by atoms with van der Waals surface area (Å²) >= 11 is 0. The summed E-state index contributed by atoms with van der Waals surface area (Å²) in [4.78, 5) is 35.4. The zero-order valence-electron chi connectivity index (χ0n) is 16.4. The van der Waals surface area contributed by atoms with Crippen LogP contribution in [0.1, 0.15) is 80.1 Å². The number of unbranched alkanes of at least 4 members (excludes halogenated alkanes) is 1. The van der Waals surface area contributed by atoms with Crippen LogP contribution in [0.2, 0.25) is 0 Å². The number of aliphatic carboxylic acids is 1. The van der Waals surface area contributed by atoms with Gasteiger partial charge in [-0.15, -0.1) is 0 Å². The Balaban J connectivity index is 2.21. The highest BCUT2D eigenvalue weighted by Gasteiger charge is 2.22. The van der Waals surface area contributed by atoms with E-state index < -0.39 is 18.0 Å². The van der Waals surface area contributed by atoms with Gasteiger partial charge in [-0.3, -0.25) is 9.59 Å². The maximum Gasteiger partial charge on any atom is 0.342 e. The van der Waals surface area contributed by atoms with Crippen LogP contribution in [-0.2, 0) is 14.3 Å². The number of ether oxygens (including phenoxy) is 1. The molecule has 1 heterocycles. The molecule has 158 valence electrons. The highest BCUT2D eigenvalue weighted by atomic mass is 16.5. The lowest BCUT2D eigenvalue weighted by Gasteiger charge is -2.19. The standard InChI is InChI=1S/C22H28O7/c23-16-8-3-1-2-7-15-13-17(24)14-19(25)21(15)22(28)29-18(11-6-9-16)10-4-5-12-20(26)27/h2,7,13-14,18,24-25H,1,3-6,8-12H2,(H,26,27)/b7-2+. The summed E-state index contributed by atoms with van der Waals surface area (Å²) in [5.74, 6) is -1.93. The van der Waals surface area contributed by atoms with E-state index >= 15 is 0 Å². The molecule has 1 aliphatic rings. The minimum Gasteiger partial charge on any atom is -0.508 e. The van der Waals surface area contributed by atoms with Crippen LogP contribution in [0, 0.1) is 0 Å². The van der Waals surface area contributed by atoms with E-state index in [-0.39, 0.29) is 29.3 Å². The largest absolute Gasteiger partial charge is 0.508 e. The van der Waals surface area contributed by atoms with E-state index in [0.717, 1.165) is 6.07 Å². The zero-order valence-corrected chi connectivity index (χ0v) is 16.4. The third-order valence-electron chi connectivity index (χ3n) is 4.88. The van der Waals surface area contributed by atoms with Gasteiger partial charge in [-0.1, -0.05) is 12.2 Å². The number of phenols is 2. The second-order valence-electron chi connectivity index (χ2n) is 7.32. The number of hydrogen-bond donors (Lipinski definition) is 3. The number of Topliss-reactive ketones (excluding diaryl/α,β-unsaturated/α-hetero) is 1. The quantitative estimate of drug-likeness (QED) is 0.496. The molecular formula is C22H28O7. The molecule has 0 saturated carbocycles. The Hall–Kier alpha value is -2.83. The first-order valence-electron chi connectivity index (χ1n) is 10.0. The molecule has 0 spiro atoms. The first kappa shape index (κ1) is 22.5. The zero-order chi connectivity index (χ0) is 21.2. The van der Waals surface area contributed by atoms with Crippen LogP contribution in [-0.4, -0.2) is 39.1 Å². The van der Waals surface area contributed by atoms with Crippen molar-refractivity contribution in [2.75, 3.05) is 0 Å². The van der Waals surface area contributed by atoms with Crippen molar-refractivity contribution in [3.63, 3.8) is 0 Å². The van der Waals surface area contributed by atoms with Crippen molar-refractivity contribution in [3.8, 4) is 11.5 Å². The molecule has 0 saturated heterocycles. The number of carboxylic acids is 1. The molecule has 3 N–H and O–H groups in total. The molecule has 1 atom stereocenters. The van der Waals surface area contributed by atoms with Crippen LogP contribution in [0.15, 0.2) is 18.2 Å². The molecule has 0 aliphatic carbocycles. The van der Waals surface area contributed by atoms with E-state index in [0.29, 0.717) is 63.4 Å². The monoisotopic (exact) mass is 404 g/mol. The van der Waals surface area contributed by atoms with E-state index in [1.54, 1.807) is 12.2 Å². The van der Waals surface area contributed by atoms with Gasteiger partial charge in [-0.25, -0.2) is 4.79 Å². The van der Waals surface area contributed by atoms with Crippen molar-refractivity contribution in [2.24, 2.45) is 0 Å². The second kappa shape index (κ2) is 11.2. The van der Waals surface area contributed by atoms with Gasteiger partial charge in [0.1, 0.15) is 28.9 Å². The molecular weight excluding hydrogens is 376 g/mol. The van der Waals surface area contributed by atoms with E-state index in [1.165, 1.54) is 6.07 Å². The minimum atomic E-state index is -0.871. The molecule has 1 aromatic carbocycles. The molecule has 2 rings (SSSR count). The third-order valence-corrected chi connectivity index (χ3v) is 4.88. The molecule has 0 amide bonds. The Morgan fingerprint density at radius 3 is 2.62 bits per heavy atom. The van der Waals surface area contributed by atoms with Gasteiger partial charge in [0.15, 0.2) is 0 Å². The average Bonchev–Trinajstić information content (AvgIpc) is 2.63. The highest BCUT2D eigenvalue weighted by Crippen LogP contribution is 2.30. The van der Waals surface area contributed by atoms with Gasteiger partial charge in [0.25, 0.3) is 0 Å². The predicted octanol–water partition coefficient (Wildman–Crippen LogP) is 4.20. The number of cyclic esters (lactones) is 1. The van der Waals surface area contributed by atoms with E-state index in [4.69, 9.17) is 9.84 Å². The molecule has 1 unspecified atom stereocenters. The van der Waals surface area contributed by atoms with Crippen molar-refractivity contribution < 1.29 is 34.4 Å². The number of allylic oxidation sites excluding steroid dienone is 1. The molecule has 1 aromatic rings. The number of aromatic hydroxyl groups is 2. The average molecular weight is 404 g/mol. The molecule has 0 aromatic heterocycles. The molecule has 29 heavy (non-hydrogen) atoms. The normalized spacial score (nSPS) is 19.7. The summed E-state index contributed by atoms with van der Waals surface area (Å²) < 4.78 is 5.61. The fraction of sp³-hybridized carbons (Fsp3) is 0.500. The maximum absolute atomic E-state index is 12.8. The number of carboxylic acid groups (broad SMARTS) is 1. The number of esters is 1. The number of fused-ring (bicyclic) bond motifs is 1. The molecule has 0 fully saturated rings. The highest BCUT2D eigenvalue weighted by molar-refractivity contribution is 5.97. The number of carbonyl (C=O) groups excluding carboxylic acids is 2. The lowest BCUT2D eigenvalue weighted by atomic mass is 10.0. The first-order valence-corrected chi connectivity index (χ1v) is 10.0. The Bertz CT molecular complexity index is 767. The van der Waals surface area contributed by atoms with Gasteiger partial charge in [0.05, 0.1) is 0 Å². The van der Waals surface area contributed by atoms with Crippen molar-refractivity contribution in [1.29, 1.82) is 0 Å². The van der Waals surface area contributed by atoms with Crippen LogP contribution < -0.4 is 0 Å². The Labute approximate surface area is 170 Å². The Kier molecular flexibility index (Phi) is 8.70. The van der Waals surface area contributed by atoms with Crippen molar-refractivity contribution in [1.82, 2.24) is 0 Å². The number of ketones is 1. The lowest BCUT2D eigenvalue weighted by molar-refractivity contribution is -0.137. The maximum atomic E-state index is 12.8. The van der Waals surface area contributed by atoms with Gasteiger partial charge < -0.3 is 20.1 Å². The van der Waals surface area contributed by atoms with Crippen molar-refractivity contribution in [2.45, 2.75) is 70.3 Å². The fourth-order valence-corrected chi connectivity index (χ4v) is 3.39. The Morgan fingerprint density at radius 2 is 1.86 bits per heavy atom. The van der Waals surface area contributed by atoms with Crippen LogP contribution in [0.3, 0.4) is 0 Å². The third kappa shape index (κ3) is 7.60. The minimum absolute atomic E-state index is 0.0114.